The van der Waals surface area contributed by atoms with Crippen LogP contribution in [-0.2, 0) is 46.5 Å². The first kappa shape index (κ1) is 55.8. The van der Waals surface area contributed by atoms with Crippen LogP contribution in [0.25, 0.3) is 0 Å². The molecule has 0 aromatic carbocycles. The number of phosphoric ester groups is 2. The van der Waals surface area contributed by atoms with Crippen molar-refractivity contribution >= 4 is 27.6 Å². The van der Waals surface area contributed by atoms with Gasteiger partial charge in [-0.25, -0.2) is 9.13 Å². The van der Waals surface area contributed by atoms with Crippen molar-refractivity contribution in [1.82, 2.24) is 0 Å². The maximum absolute atomic E-state index is 12.6. The number of rotatable bonds is 40. The second-order valence-electron chi connectivity index (χ2n) is 15.0. The molecule has 60 heavy (non-hydrogen) atoms. The molecule has 0 aromatic rings. The van der Waals surface area contributed by atoms with Gasteiger partial charge in [-0.15, -0.1) is 0 Å². The minimum atomic E-state index is -4.87. The van der Waals surface area contributed by atoms with Crippen LogP contribution in [0.2, 0.25) is 0 Å². The van der Waals surface area contributed by atoms with E-state index in [4.69, 9.17) is 28.5 Å². The SMILES string of the molecule is CC/C=C\CC1OC1C/C=C\C/C=C\C/C=C\C/C=C\CCC(=O)O[C@H](COC(=O)CCCCCCCCCCCCCCC)COP(=O)(O)OC[C@@H](O)COP(=O)(O)O. The Morgan fingerprint density at radius 1 is 0.583 bits per heavy atom. The van der Waals surface area contributed by atoms with Crippen LogP contribution >= 0.6 is 15.6 Å². The summed E-state index contributed by atoms with van der Waals surface area (Å²) in [5.41, 5.74) is 0. The van der Waals surface area contributed by atoms with Crippen molar-refractivity contribution in [2.75, 3.05) is 26.4 Å². The molecule has 0 aliphatic carbocycles. The summed E-state index contributed by atoms with van der Waals surface area (Å²) in [7, 11) is -9.70. The van der Waals surface area contributed by atoms with E-state index in [0.29, 0.717) is 31.5 Å². The Kier molecular flexibility index (Phi) is 33.7. The molecule has 0 amide bonds. The fourth-order valence-electron chi connectivity index (χ4n) is 5.89. The van der Waals surface area contributed by atoms with Crippen LogP contribution in [0.5, 0.6) is 0 Å². The van der Waals surface area contributed by atoms with Crippen LogP contribution in [0.4, 0.5) is 0 Å². The monoisotopic (exact) mass is 890 g/mol. The molecule has 3 unspecified atom stereocenters. The van der Waals surface area contributed by atoms with E-state index in [-0.39, 0.29) is 12.8 Å². The molecule has 346 valence electrons. The average molecular weight is 891 g/mol. The summed E-state index contributed by atoms with van der Waals surface area (Å²) in [6, 6.07) is 0. The number of carbonyl (C=O) groups excluding carboxylic acids is 2. The fourth-order valence-corrected chi connectivity index (χ4v) is 7.04. The van der Waals surface area contributed by atoms with Crippen molar-refractivity contribution in [2.24, 2.45) is 0 Å². The third-order valence-corrected chi connectivity index (χ3v) is 10.8. The van der Waals surface area contributed by atoms with Gasteiger partial charge >= 0.3 is 27.6 Å². The Morgan fingerprint density at radius 2 is 1.07 bits per heavy atom. The van der Waals surface area contributed by atoms with E-state index in [9.17, 15) is 28.7 Å². The van der Waals surface area contributed by atoms with Gasteiger partial charge in [0, 0.05) is 12.8 Å². The van der Waals surface area contributed by atoms with Crippen molar-refractivity contribution in [3.63, 3.8) is 0 Å². The predicted molar refractivity (Wildman–Crippen MR) is 234 cm³/mol. The third kappa shape index (κ3) is 36.4. The summed E-state index contributed by atoms with van der Waals surface area (Å²) in [5, 5.41) is 9.74. The second kappa shape index (κ2) is 36.3. The van der Waals surface area contributed by atoms with Crippen LogP contribution in [0.3, 0.4) is 0 Å². The van der Waals surface area contributed by atoms with Gasteiger partial charge in [-0.2, -0.15) is 0 Å². The first-order valence-corrected chi connectivity index (χ1v) is 25.1. The van der Waals surface area contributed by atoms with Crippen LogP contribution in [0, 0.1) is 0 Å². The van der Waals surface area contributed by atoms with E-state index in [0.717, 1.165) is 51.4 Å². The highest BCUT2D eigenvalue weighted by Gasteiger charge is 2.36. The Hall–Kier alpha value is -2.22. The molecule has 1 aliphatic rings. The maximum atomic E-state index is 12.6. The summed E-state index contributed by atoms with van der Waals surface area (Å²) in [5.74, 6) is -1.13. The van der Waals surface area contributed by atoms with Crippen LogP contribution in [0.15, 0.2) is 60.8 Å². The Morgan fingerprint density at radius 3 is 1.62 bits per heavy atom. The van der Waals surface area contributed by atoms with Gasteiger partial charge in [0.1, 0.15) is 12.7 Å². The second-order valence-corrected chi connectivity index (χ2v) is 17.7. The van der Waals surface area contributed by atoms with Gasteiger partial charge in [0.05, 0.1) is 32.0 Å². The number of epoxide rings is 1. The molecule has 4 N–H and O–H groups in total. The first-order valence-electron chi connectivity index (χ1n) is 22.1. The highest BCUT2D eigenvalue weighted by molar-refractivity contribution is 7.47. The standard InChI is InChI=1S/C44H76O14P2/c1-3-5-7-8-9-10-11-12-16-19-22-25-29-33-43(46)53-37-40(38-56-60(51,52)55-36-39(45)35-54-59(48,49)50)57-44(47)34-30-26-23-20-17-14-13-15-18-21-24-28-32-42-41(58-42)31-27-6-4-2/h6,14-15,17-18,23-24,26-28,39-42,45H,3-5,7-13,16,19-22,25,29-38H2,1-2H3,(H,51,52)(H2,48,49,50)/b17-14-,18-15-,26-23-,27-6-,28-24-/t39-,40+,41?,42?/m0/s1. The number of aliphatic hydroxyl groups is 1. The van der Waals surface area contributed by atoms with Crippen molar-refractivity contribution < 1.29 is 66.3 Å². The molecule has 1 fully saturated rings. The summed E-state index contributed by atoms with van der Waals surface area (Å²) in [6.07, 6.45) is 39.8. The number of unbranched alkanes of at least 4 members (excludes halogenated alkanes) is 12. The van der Waals surface area contributed by atoms with E-state index >= 15 is 0 Å². The van der Waals surface area contributed by atoms with Crippen molar-refractivity contribution in [3.8, 4) is 0 Å². The van der Waals surface area contributed by atoms with Crippen molar-refractivity contribution in [3.05, 3.63) is 60.8 Å². The molecule has 16 heteroatoms. The van der Waals surface area contributed by atoms with Gasteiger partial charge < -0.3 is 34.0 Å². The van der Waals surface area contributed by atoms with Crippen LogP contribution < -0.4 is 0 Å². The lowest BCUT2D eigenvalue weighted by Crippen LogP contribution is -2.29. The number of hydrogen-bond acceptors (Lipinski definition) is 11. The lowest BCUT2D eigenvalue weighted by atomic mass is 10.0. The van der Waals surface area contributed by atoms with Crippen LogP contribution in [0.1, 0.15) is 155 Å². The predicted octanol–water partition coefficient (Wildman–Crippen LogP) is 10.2. The molecule has 0 saturated carbocycles. The minimum absolute atomic E-state index is 0.00234. The first-order chi connectivity index (χ1) is 28.8. The summed E-state index contributed by atoms with van der Waals surface area (Å²) in [4.78, 5) is 52.7. The van der Waals surface area contributed by atoms with E-state index < -0.39 is 66.2 Å². The molecule has 0 radical (unpaired) electrons. The van der Waals surface area contributed by atoms with E-state index in [1.807, 2.05) is 18.2 Å². The largest absolute Gasteiger partial charge is 0.472 e. The lowest BCUT2D eigenvalue weighted by Gasteiger charge is -2.20. The van der Waals surface area contributed by atoms with E-state index in [1.165, 1.54) is 57.8 Å². The number of ether oxygens (including phenoxy) is 3. The highest BCUT2D eigenvalue weighted by atomic mass is 31.2. The third-order valence-electron chi connectivity index (χ3n) is 9.33. The van der Waals surface area contributed by atoms with E-state index in [2.05, 4.69) is 65.4 Å². The maximum Gasteiger partial charge on any atom is 0.472 e. The van der Waals surface area contributed by atoms with Crippen molar-refractivity contribution in [1.29, 1.82) is 0 Å². The number of aliphatic hydroxyl groups excluding tert-OH is 1. The molecule has 5 atom stereocenters. The number of hydrogen-bond donors (Lipinski definition) is 4. The van der Waals surface area contributed by atoms with Crippen molar-refractivity contribution in [2.45, 2.75) is 180 Å². The summed E-state index contributed by atoms with van der Waals surface area (Å²) < 4.78 is 53.4. The number of carbonyl (C=O) groups is 2. The zero-order valence-electron chi connectivity index (χ0n) is 36.2. The number of esters is 2. The molecule has 1 heterocycles. The molecule has 1 aliphatic heterocycles. The molecular weight excluding hydrogens is 814 g/mol. The molecular formula is C44H76O14P2. The average Bonchev–Trinajstić information content (AvgIpc) is 3.96. The number of phosphoric acid groups is 2. The lowest BCUT2D eigenvalue weighted by molar-refractivity contribution is -0.161. The fraction of sp³-hybridized carbons (Fsp3) is 0.727. The molecule has 0 spiro atoms. The smallest absolute Gasteiger partial charge is 0.462 e. The highest BCUT2D eigenvalue weighted by Crippen LogP contribution is 2.44. The molecule has 0 bridgehead atoms. The van der Waals surface area contributed by atoms with Gasteiger partial charge in [0.25, 0.3) is 0 Å². The Labute approximate surface area is 359 Å². The summed E-state index contributed by atoms with van der Waals surface area (Å²) >= 11 is 0. The van der Waals surface area contributed by atoms with Gasteiger partial charge in [-0.3, -0.25) is 23.2 Å². The Bertz CT molecular complexity index is 1360. The topological polar surface area (TPSA) is 208 Å². The van der Waals surface area contributed by atoms with Gasteiger partial charge in [-0.05, 0) is 51.4 Å². The van der Waals surface area contributed by atoms with E-state index in [1.54, 1.807) is 0 Å². The quantitative estimate of drug-likeness (QED) is 0.0148. The summed E-state index contributed by atoms with van der Waals surface area (Å²) in [6.45, 7) is 1.55. The van der Waals surface area contributed by atoms with Crippen LogP contribution in [-0.4, -0.2) is 82.6 Å². The van der Waals surface area contributed by atoms with Gasteiger partial charge in [0.2, 0.25) is 0 Å². The van der Waals surface area contributed by atoms with Gasteiger partial charge in [0.15, 0.2) is 6.10 Å². The molecule has 1 rings (SSSR count). The van der Waals surface area contributed by atoms with Gasteiger partial charge in [-0.1, -0.05) is 152 Å². The number of allylic oxidation sites excluding steroid dienone is 8. The molecule has 1 saturated heterocycles. The Balaban J connectivity index is 2.40. The zero-order chi connectivity index (χ0) is 44.2. The minimum Gasteiger partial charge on any atom is -0.462 e. The normalized spacial score (nSPS) is 18.0. The zero-order valence-corrected chi connectivity index (χ0v) is 38.0. The molecule has 14 nitrogen and oxygen atoms in total. The molecule has 0 aromatic heterocycles.